The van der Waals surface area contributed by atoms with Crippen molar-refractivity contribution >= 4 is 22.4 Å². The molecule has 22 heavy (non-hydrogen) atoms. The molecule has 0 saturated heterocycles. The van der Waals surface area contributed by atoms with E-state index in [0.717, 1.165) is 22.0 Å². The third-order valence-corrected chi connectivity index (χ3v) is 3.67. The van der Waals surface area contributed by atoms with E-state index >= 15 is 0 Å². The Labute approximate surface area is 129 Å². The molecule has 1 unspecified atom stereocenters. The van der Waals surface area contributed by atoms with Gasteiger partial charge in [0.1, 0.15) is 6.04 Å². The molecular formula is C19H17NO2. The normalized spacial score (nSPS) is 12.0. The summed E-state index contributed by atoms with van der Waals surface area (Å²) < 4.78 is 0. The van der Waals surface area contributed by atoms with Crippen LogP contribution in [0.25, 0.3) is 10.8 Å². The highest BCUT2D eigenvalue weighted by molar-refractivity contribution is 5.86. The molecule has 3 aromatic carbocycles. The number of benzene rings is 3. The van der Waals surface area contributed by atoms with Crippen LogP contribution < -0.4 is 5.32 Å². The van der Waals surface area contributed by atoms with Crippen molar-refractivity contribution in [2.75, 3.05) is 5.32 Å². The van der Waals surface area contributed by atoms with Crippen LogP contribution in [0.1, 0.15) is 5.56 Å². The Morgan fingerprint density at radius 2 is 1.59 bits per heavy atom. The highest BCUT2D eigenvalue weighted by Gasteiger charge is 2.17. The molecule has 0 amide bonds. The van der Waals surface area contributed by atoms with Crippen molar-refractivity contribution in [3.05, 3.63) is 78.4 Å². The van der Waals surface area contributed by atoms with E-state index in [9.17, 15) is 9.90 Å². The summed E-state index contributed by atoms with van der Waals surface area (Å²) in [4.78, 5) is 11.5. The molecule has 0 aromatic heterocycles. The average Bonchev–Trinajstić information content (AvgIpc) is 2.55. The maximum atomic E-state index is 11.5. The Morgan fingerprint density at radius 1 is 0.909 bits per heavy atom. The molecular weight excluding hydrogens is 274 g/mol. The lowest BCUT2D eigenvalue weighted by molar-refractivity contribution is -0.137. The minimum Gasteiger partial charge on any atom is -0.480 e. The Morgan fingerprint density at radius 3 is 2.32 bits per heavy atom. The summed E-state index contributed by atoms with van der Waals surface area (Å²) in [5, 5.41) is 14.8. The number of carboxylic acids is 1. The van der Waals surface area contributed by atoms with Gasteiger partial charge in [0.05, 0.1) is 0 Å². The van der Waals surface area contributed by atoms with Crippen LogP contribution in [0.4, 0.5) is 5.69 Å². The zero-order valence-electron chi connectivity index (χ0n) is 12.1. The van der Waals surface area contributed by atoms with Gasteiger partial charge in [0, 0.05) is 12.1 Å². The van der Waals surface area contributed by atoms with Crippen LogP contribution in [0.2, 0.25) is 0 Å². The molecule has 110 valence electrons. The molecule has 2 N–H and O–H groups in total. The highest BCUT2D eigenvalue weighted by atomic mass is 16.4. The molecule has 3 rings (SSSR count). The Bertz CT molecular complexity index is 784. The zero-order chi connectivity index (χ0) is 15.4. The number of fused-ring (bicyclic) bond motifs is 1. The van der Waals surface area contributed by atoms with Crippen LogP contribution in [0.15, 0.2) is 72.8 Å². The summed E-state index contributed by atoms with van der Waals surface area (Å²) in [5.74, 6) is -0.850. The van der Waals surface area contributed by atoms with Crippen molar-refractivity contribution in [2.24, 2.45) is 0 Å². The van der Waals surface area contributed by atoms with Crippen LogP contribution >= 0.6 is 0 Å². The number of hydrogen-bond acceptors (Lipinski definition) is 2. The van der Waals surface area contributed by atoms with Gasteiger partial charge in [-0.3, -0.25) is 0 Å². The van der Waals surface area contributed by atoms with Gasteiger partial charge >= 0.3 is 5.97 Å². The van der Waals surface area contributed by atoms with Gasteiger partial charge in [0.15, 0.2) is 0 Å². The van der Waals surface area contributed by atoms with Crippen LogP contribution in [0.3, 0.4) is 0 Å². The van der Waals surface area contributed by atoms with Gasteiger partial charge in [0.25, 0.3) is 0 Å². The number of carboxylic acid groups (broad SMARTS) is 1. The average molecular weight is 291 g/mol. The summed E-state index contributed by atoms with van der Waals surface area (Å²) in [5.41, 5.74) is 1.82. The van der Waals surface area contributed by atoms with Crippen molar-refractivity contribution in [3.8, 4) is 0 Å². The summed E-state index contributed by atoms with van der Waals surface area (Å²) in [6.45, 7) is 0. The minimum atomic E-state index is -0.850. The molecule has 3 aromatic rings. The first-order valence-electron chi connectivity index (χ1n) is 7.24. The van der Waals surface area contributed by atoms with Crippen molar-refractivity contribution in [3.63, 3.8) is 0 Å². The van der Waals surface area contributed by atoms with Gasteiger partial charge in [-0.2, -0.15) is 0 Å². The van der Waals surface area contributed by atoms with E-state index in [0.29, 0.717) is 6.42 Å². The van der Waals surface area contributed by atoms with Crippen molar-refractivity contribution in [1.82, 2.24) is 0 Å². The van der Waals surface area contributed by atoms with E-state index in [-0.39, 0.29) is 0 Å². The second kappa shape index (κ2) is 6.31. The SMILES string of the molecule is O=C(O)C(Cc1ccccc1)Nc1ccc2ccccc2c1. The molecule has 0 aliphatic rings. The number of rotatable bonds is 5. The van der Waals surface area contributed by atoms with E-state index in [1.165, 1.54) is 0 Å². The third kappa shape index (κ3) is 3.26. The van der Waals surface area contributed by atoms with Crippen molar-refractivity contribution in [1.29, 1.82) is 0 Å². The van der Waals surface area contributed by atoms with Crippen LogP contribution in [0.5, 0.6) is 0 Å². The fourth-order valence-electron chi connectivity index (χ4n) is 2.53. The van der Waals surface area contributed by atoms with Crippen LogP contribution in [0, 0.1) is 0 Å². The third-order valence-electron chi connectivity index (χ3n) is 3.67. The lowest BCUT2D eigenvalue weighted by Crippen LogP contribution is -2.31. The van der Waals surface area contributed by atoms with Gasteiger partial charge in [-0.1, -0.05) is 60.7 Å². The number of anilines is 1. The molecule has 0 bridgehead atoms. The van der Waals surface area contributed by atoms with Crippen LogP contribution in [-0.2, 0) is 11.2 Å². The largest absolute Gasteiger partial charge is 0.480 e. The lowest BCUT2D eigenvalue weighted by atomic mass is 10.0. The maximum absolute atomic E-state index is 11.5. The Balaban J connectivity index is 1.81. The minimum absolute atomic E-state index is 0.447. The van der Waals surface area contributed by atoms with E-state index < -0.39 is 12.0 Å². The maximum Gasteiger partial charge on any atom is 0.326 e. The first-order valence-corrected chi connectivity index (χ1v) is 7.24. The Hall–Kier alpha value is -2.81. The molecule has 0 heterocycles. The molecule has 0 radical (unpaired) electrons. The molecule has 0 fully saturated rings. The van der Waals surface area contributed by atoms with E-state index in [1.54, 1.807) is 0 Å². The smallest absolute Gasteiger partial charge is 0.326 e. The zero-order valence-corrected chi connectivity index (χ0v) is 12.1. The molecule has 0 spiro atoms. The first-order chi connectivity index (χ1) is 10.7. The highest BCUT2D eigenvalue weighted by Crippen LogP contribution is 2.20. The van der Waals surface area contributed by atoms with Gasteiger partial charge in [-0.25, -0.2) is 4.79 Å². The number of aliphatic carboxylic acids is 1. The first kappa shape index (κ1) is 14.1. The van der Waals surface area contributed by atoms with E-state index in [4.69, 9.17) is 0 Å². The molecule has 1 atom stereocenters. The predicted molar refractivity (Wildman–Crippen MR) is 89.1 cm³/mol. The molecule has 0 saturated carbocycles. The lowest BCUT2D eigenvalue weighted by Gasteiger charge is -2.16. The van der Waals surface area contributed by atoms with Gasteiger partial charge in [-0.05, 0) is 28.5 Å². The standard InChI is InChI=1S/C19H17NO2/c21-19(22)18(12-14-6-2-1-3-7-14)20-17-11-10-15-8-4-5-9-16(15)13-17/h1-11,13,18,20H,12H2,(H,21,22). The van der Waals surface area contributed by atoms with E-state index in [2.05, 4.69) is 5.32 Å². The van der Waals surface area contributed by atoms with E-state index in [1.807, 2.05) is 72.8 Å². The Kier molecular flexibility index (Phi) is 4.05. The van der Waals surface area contributed by atoms with Crippen LogP contribution in [-0.4, -0.2) is 17.1 Å². The van der Waals surface area contributed by atoms with Crippen molar-refractivity contribution in [2.45, 2.75) is 12.5 Å². The summed E-state index contributed by atoms with van der Waals surface area (Å²) in [6.07, 6.45) is 0.447. The van der Waals surface area contributed by atoms with Gasteiger partial charge < -0.3 is 10.4 Å². The number of carbonyl (C=O) groups is 1. The molecule has 3 nitrogen and oxygen atoms in total. The van der Waals surface area contributed by atoms with Gasteiger partial charge in [0.2, 0.25) is 0 Å². The predicted octanol–water partition coefficient (Wildman–Crippen LogP) is 3.95. The fourth-order valence-corrected chi connectivity index (χ4v) is 2.53. The fraction of sp³-hybridized carbons (Fsp3) is 0.105. The molecule has 0 aliphatic carbocycles. The molecule has 3 heteroatoms. The second-order valence-corrected chi connectivity index (χ2v) is 5.29. The van der Waals surface area contributed by atoms with Gasteiger partial charge in [-0.15, -0.1) is 0 Å². The molecule has 0 aliphatic heterocycles. The van der Waals surface area contributed by atoms with Crippen molar-refractivity contribution < 1.29 is 9.90 Å². The summed E-state index contributed by atoms with van der Waals surface area (Å²) >= 11 is 0. The second-order valence-electron chi connectivity index (χ2n) is 5.29. The number of hydrogen-bond donors (Lipinski definition) is 2. The monoisotopic (exact) mass is 291 g/mol. The summed E-state index contributed by atoms with van der Waals surface area (Å²) in [6, 6.07) is 22.9. The number of nitrogens with one attached hydrogen (secondary N) is 1. The summed E-state index contributed by atoms with van der Waals surface area (Å²) in [7, 11) is 0. The quantitative estimate of drug-likeness (QED) is 0.748. The topological polar surface area (TPSA) is 49.3 Å².